The molecule has 1 aliphatic carbocycles. The summed E-state index contributed by atoms with van der Waals surface area (Å²) in [7, 11) is -9.82. The summed E-state index contributed by atoms with van der Waals surface area (Å²) in [6, 6.07) is 2.38. The van der Waals surface area contributed by atoms with E-state index in [1.54, 1.807) is 6.92 Å². The Labute approximate surface area is 195 Å². The largest absolute Gasteiger partial charge is 0.388 e. The molecule has 1 unspecified atom stereocenters. The second-order valence-corrected chi connectivity index (χ2v) is 12.7. The van der Waals surface area contributed by atoms with Crippen LogP contribution in [0.5, 0.6) is 0 Å². The van der Waals surface area contributed by atoms with Crippen LogP contribution in [-0.4, -0.2) is 28.4 Å². The predicted octanol–water partition coefficient (Wildman–Crippen LogP) is 7.03. The van der Waals surface area contributed by atoms with Gasteiger partial charge in [-0.2, -0.15) is 0 Å². The maximum atomic E-state index is 13.2. The van der Waals surface area contributed by atoms with Gasteiger partial charge in [0.25, 0.3) is 0 Å². The van der Waals surface area contributed by atoms with Crippen molar-refractivity contribution >= 4 is 10.2 Å². The molecule has 4 nitrogen and oxygen atoms in total. The summed E-state index contributed by atoms with van der Waals surface area (Å²) in [4.78, 5) is 2.90. The summed E-state index contributed by atoms with van der Waals surface area (Å²) >= 11 is 0. The van der Waals surface area contributed by atoms with Gasteiger partial charge in [-0.05, 0) is 61.3 Å². The molecular formula is C24H30F5NO3S. The Balaban J connectivity index is 1.84. The highest BCUT2D eigenvalue weighted by Crippen LogP contribution is 3.02. The van der Waals surface area contributed by atoms with Gasteiger partial charge in [-0.3, -0.25) is 4.98 Å². The van der Waals surface area contributed by atoms with Crippen LogP contribution in [0.25, 0.3) is 0 Å². The minimum atomic E-state index is -9.82. The molecule has 2 aromatic rings. The molecule has 0 saturated carbocycles. The van der Waals surface area contributed by atoms with E-state index in [2.05, 4.69) is 0 Å². The molecule has 34 heavy (non-hydrogen) atoms. The molecule has 1 aromatic heterocycles. The molecule has 2 heterocycles. The Morgan fingerprint density at radius 2 is 1.65 bits per heavy atom. The van der Waals surface area contributed by atoms with E-state index in [1.165, 1.54) is 0 Å². The third-order valence-corrected chi connectivity index (χ3v) is 8.06. The van der Waals surface area contributed by atoms with E-state index in [-0.39, 0.29) is 16.9 Å². The molecule has 0 bridgehead atoms. The maximum absolute atomic E-state index is 13.2. The lowest BCUT2D eigenvalue weighted by atomic mass is 9.72. The van der Waals surface area contributed by atoms with Crippen LogP contribution in [0.2, 0.25) is 0 Å². The zero-order valence-corrected chi connectivity index (χ0v) is 20.1. The minimum Gasteiger partial charge on any atom is -0.388 e. The van der Waals surface area contributed by atoms with Gasteiger partial charge < -0.3 is 14.9 Å². The predicted molar refractivity (Wildman–Crippen MR) is 121 cm³/mol. The number of pyridine rings is 1. The maximum Gasteiger partial charge on any atom is 0.310 e. The Bertz CT molecular complexity index is 1100. The number of ether oxygens (including phenoxy) is 1. The highest BCUT2D eigenvalue weighted by atomic mass is 32.5. The van der Waals surface area contributed by atoms with E-state index < -0.39 is 27.3 Å². The fraction of sp³-hybridized carbons (Fsp3) is 0.542. The van der Waals surface area contributed by atoms with E-state index in [1.807, 2.05) is 13.8 Å². The van der Waals surface area contributed by atoms with Gasteiger partial charge in [0.15, 0.2) is 0 Å². The van der Waals surface area contributed by atoms with E-state index >= 15 is 0 Å². The molecule has 190 valence electrons. The number of hydrogen-bond donors (Lipinski definition) is 2. The molecule has 0 amide bonds. The first-order valence-corrected chi connectivity index (χ1v) is 13.2. The average Bonchev–Trinajstić information content (AvgIpc) is 2.71. The fourth-order valence-electron chi connectivity index (χ4n) is 5.25. The Kier molecular flexibility index (Phi) is 5.68. The topological polar surface area (TPSA) is 62.6 Å². The molecule has 1 aliphatic heterocycles. The van der Waals surface area contributed by atoms with Crippen molar-refractivity contribution in [3.8, 4) is 0 Å². The van der Waals surface area contributed by atoms with Crippen LogP contribution in [-0.2, 0) is 11.2 Å². The van der Waals surface area contributed by atoms with Gasteiger partial charge in [0, 0.05) is 36.0 Å². The molecule has 1 fully saturated rings. The first kappa shape index (κ1) is 25.3. The van der Waals surface area contributed by atoms with Crippen molar-refractivity contribution in [2.75, 3.05) is 13.2 Å². The third-order valence-electron chi connectivity index (χ3n) is 6.90. The highest BCUT2D eigenvalue weighted by molar-refractivity contribution is 8.45. The molecule has 4 rings (SSSR count). The summed E-state index contributed by atoms with van der Waals surface area (Å²) in [5.74, 6) is -0.0338. The lowest BCUT2D eigenvalue weighted by Crippen LogP contribution is -2.30. The number of rotatable bonds is 4. The van der Waals surface area contributed by atoms with Gasteiger partial charge in [0.05, 0.1) is 11.8 Å². The fourth-order valence-corrected chi connectivity index (χ4v) is 5.90. The molecule has 2 aliphatic rings. The van der Waals surface area contributed by atoms with Crippen molar-refractivity contribution in [1.29, 1.82) is 0 Å². The summed E-state index contributed by atoms with van der Waals surface area (Å²) in [6.07, 6.45) is 0.306. The molecule has 1 aromatic carbocycles. The van der Waals surface area contributed by atoms with Gasteiger partial charge in [-0.15, -0.1) is 0 Å². The van der Waals surface area contributed by atoms with Crippen molar-refractivity contribution in [2.45, 2.75) is 69.5 Å². The van der Waals surface area contributed by atoms with Crippen LogP contribution in [0, 0.1) is 12.3 Å². The van der Waals surface area contributed by atoms with Crippen LogP contribution in [0.15, 0.2) is 29.2 Å². The average molecular weight is 508 g/mol. The number of aromatic nitrogens is 1. The van der Waals surface area contributed by atoms with Crippen LogP contribution in [0.3, 0.4) is 0 Å². The smallest absolute Gasteiger partial charge is 0.310 e. The van der Waals surface area contributed by atoms with E-state index in [4.69, 9.17) is 9.72 Å². The van der Waals surface area contributed by atoms with Gasteiger partial charge in [-0.25, -0.2) is 0 Å². The number of benzene rings is 1. The molecule has 1 saturated heterocycles. The van der Waals surface area contributed by atoms with E-state index in [9.17, 15) is 29.6 Å². The number of fused-ring (bicyclic) bond motifs is 1. The van der Waals surface area contributed by atoms with Crippen molar-refractivity contribution < 1.29 is 34.4 Å². The number of aliphatic hydroxyl groups is 2. The second-order valence-electron chi connectivity index (χ2n) is 10.3. The minimum absolute atomic E-state index is 0.0338. The normalized spacial score (nSPS) is 24.1. The van der Waals surface area contributed by atoms with Crippen molar-refractivity contribution in [2.24, 2.45) is 5.41 Å². The summed E-state index contributed by atoms with van der Waals surface area (Å²) < 4.78 is 71.2. The van der Waals surface area contributed by atoms with Gasteiger partial charge in [-0.1, -0.05) is 45.4 Å². The number of aliphatic hydroxyl groups excluding tert-OH is 2. The quantitative estimate of drug-likeness (QED) is 0.436. The lowest BCUT2D eigenvalue weighted by molar-refractivity contribution is 0.0823. The summed E-state index contributed by atoms with van der Waals surface area (Å²) in [5.41, 5.74) is 2.97. The highest BCUT2D eigenvalue weighted by Gasteiger charge is 2.65. The van der Waals surface area contributed by atoms with Crippen molar-refractivity contribution in [3.63, 3.8) is 0 Å². The first-order chi connectivity index (χ1) is 15.5. The van der Waals surface area contributed by atoms with Crippen molar-refractivity contribution in [3.05, 3.63) is 57.9 Å². The van der Waals surface area contributed by atoms with Crippen LogP contribution in [0.1, 0.15) is 84.9 Å². The Hall–Kier alpha value is -1.75. The summed E-state index contributed by atoms with van der Waals surface area (Å²) in [5, 5.41) is 22.2. The molecule has 10 heteroatoms. The standard InChI is InChI=1S/C24H30F5NO3S/c1-14-20-18(12-24(2,3)13-19(20)31)30-22(15-8-10-33-11-9-15)21(14)23(32)16-4-6-17(7-5-16)34(25,26,27,28)29/h4-7,15,19,23,31-32H,8-13H2,1-3H3/t19?,23-/m0/s1. The lowest BCUT2D eigenvalue weighted by Gasteiger charge is -2.40. The zero-order chi connectivity index (χ0) is 25.2. The zero-order valence-electron chi connectivity index (χ0n) is 19.3. The van der Waals surface area contributed by atoms with Crippen molar-refractivity contribution in [1.82, 2.24) is 4.98 Å². The van der Waals surface area contributed by atoms with E-state index in [0.717, 1.165) is 17.8 Å². The number of halogens is 5. The molecule has 0 radical (unpaired) electrons. The molecular weight excluding hydrogens is 477 g/mol. The van der Waals surface area contributed by atoms with E-state index in [0.29, 0.717) is 73.4 Å². The molecule has 2 N–H and O–H groups in total. The van der Waals surface area contributed by atoms with Gasteiger partial charge in [0.1, 0.15) is 11.0 Å². The van der Waals surface area contributed by atoms with Crippen LogP contribution < -0.4 is 0 Å². The van der Waals surface area contributed by atoms with Gasteiger partial charge >= 0.3 is 10.2 Å². The monoisotopic (exact) mass is 507 g/mol. The number of hydrogen-bond acceptors (Lipinski definition) is 4. The summed E-state index contributed by atoms with van der Waals surface area (Å²) in [6.45, 7) is 6.91. The van der Waals surface area contributed by atoms with Gasteiger partial charge in [0.2, 0.25) is 0 Å². The molecule has 2 atom stereocenters. The third kappa shape index (κ3) is 4.96. The van der Waals surface area contributed by atoms with Crippen LogP contribution >= 0.6 is 10.2 Å². The number of nitrogens with zero attached hydrogens (tertiary/aromatic N) is 1. The second kappa shape index (κ2) is 7.62. The Morgan fingerprint density at radius 3 is 2.21 bits per heavy atom. The SMILES string of the molecule is Cc1c2c(nc(C3CCOCC3)c1[C@@H](O)c1ccc(S(F)(F)(F)(F)F)cc1)CC(C)(C)CC2O. The Morgan fingerprint density at radius 1 is 1.06 bits per heavy atom. The first-order valence-electron chi connectivity index (χ1n) is 11.3. The van der Waals surface area contributed by atoms with Crippen LogP contribution in [0.4, 0.5) is 19.4 Å². The molecule has 0 spiro atoms.